The highest BCUT2D eigenvalue weighted by atomic mass is 16.3. The molecule has 5 heterocycles. The summed E-state index contributed by atoms with van der Waals surface area (Å²) in [5.74, 6) is -0.325. The summed E-state index contributed by atoms with van der Waals surface area (Å²) in [6.45, 7) is 27.4. The smallest absolute Gasteiger partial charge is 0.159 e. The Balaban J connectivity index is 0.959. The Labute approximate surface area is 598 Å². The van der Waals surface area contributed by atoms with Crippen molar-refractivity contribution in [2.24, 2.45) is 0 Å². The summed E-state index contributed by atoms with van der Waals surface area (Å²) < 4.78 is 85.2. The van der Waals surface area contributed by atoms with Gasteiger partial charge in [0, 0.05) is 55.2 Å². The number of hydrogen-bond acceptors (Lipinski definition) is 3. The summed E-state index contributed by atoms with van der Waals surface area (Å²) in [5.41, 5.74) is 24.3. The summed E-state index contributed by atoms with van der Waals surface area (Å²) in [7, 11) is 0. The van der Waals surface area contributed by atoms with E-state index in [-0.39, 0.29) is 56.1 Å². The standard InChI is InChI=1S/C95H82N4O/c1-92(2,3)64-31-23-30-60(49-64)61-40-44-74-84(52-61)99(83-39-25-35-73-72-34-24-38-82(90(72)100-91(73)83)98-78-36-21-19-32-70(78)71-33-20-22-37-79(71)98)87-56-67(95(10,11)12)55-86-89(87)88(74)75-45-43-68(96-80-46-41-65(93(4,5)6)53-76(80)77-54-66(94(7,8)9)42-47-81(77)96)57-85(75)97(86)69-50-62(58-26-15-13-16-27-58)48-63(51-69)59-28-17-14-18-29-59/h13-57,88H,1-12H3/i19D,20D,21D,22D,32D,33D,36D,37D. The molecule has 100 heavy (non-hydrogen) atoms. The average molecular weight is 1300 g/mol. The van der Waals surface area contributed by atoms with Crippen LogP contribution in [0.3, 0.4) is 0 Å². The average Bonchev–Trinajstić information content (AvgIpc) is 0.812. The number of aromatic nitrogens is 2. The van der Waals surface area contributed by atoms with Crippen LogP contribution in [0.4, 0.5) is 34.1 Å². The van der Waals surface area contributed by atoms with E-state index >= 15 is 0 Å². The van der Waals surface area contributed by atoms with Crippen LogP contribution in [0.2, 0.25) is 0 Å². The minimum absolute atomic E-state index is 0.00494. The molecule has 5 heteroatoms. The number of fused-ring (bicyclic) bond motifs is 13. The number of furan rings is 1. The molecule has 18 rings (SSSR count). The maximum atomic E-state index is 9.55. The first-order chi connectivity index (χ1) is 51.4. The Kier molecular flexibility index (Phi) is 11.7. The third-order valence-electron chi connectivity index (χ3n) is 21.1. The van der Waals surface area contributed by atoms with Crippen LogP contribution in [-0.4, -0.2) is 9.13 Å². The van der Waals surface area contributed by atoms with Crippen LogP contribution in [0.1, 0.15) is 139 Å². The number of hydrogen-bond donors (Lipinski definition) is 0. The minimum Gasteiger partial charge on any atom is -0.452 e. The van der Waals surface area contributed by atoms with Crippen molar-refractivity contribution in [3.63, 3.8) is 0 Å². The van der Waals surface area contributed by atoms with Gasteiger partial charge in [0.2, 0.25) is 0 Å². The number of nitrogens with zero attached hydrogens (tertiary/aromatic N) is 4. The molecule has 2 aliphatic rings. The normalized spacial score (nSPS) is 15.2. The van der Waals surface area contributed by atoms with E-state index in [2.05, 4.69) is 298 Å². The molecule has 0 amide bonds. The Hall–Kier alpha value is -11.1. The summed E-state index contributed by atoms with van der Waals surface area (Å²) in [4.78, 5) is 4.96. The van der Waals surface area contributed by atoms with Crippen LogP contribution in [0.15, 0.2) is 277 Å². The fourth-order valence-corrected chi connectivity index (χ4v) is 15.8. The third-order valence-corrected chi connectivity index (χ3v) is 21.1. The van der Waals surface area contributed by atoms with E-state index in [0.717, 1.165) is 112 Å². The van der Waals surface area contributed by atoms with Gasteiger partial charge in [-0.3, -0.25) is 0 Å². The van der Waals surface area contributed by atoms with Crippen molar-refractivity contribution in [2.45, 2.75) is 111 Å². The van der Waals surface area contributed by atoms with Crippen molar-refractivity contribution in [1.82, 2.24) is 9.13 Å². The van der Waals surface area contributed by atoms with Gasteiger partial charge in [-0.2, -0.15) is 0 Å². The fourth-order valence-electron chi connectivity index (χ4n) is 15.8. The van der Waals surface area contributed by atoms with Gasteiger partial charge in [0.15, 0.2) is 11.2 Å². The molecule has 0 N–H and O–H groups in total. The second kappa shape index (κ2) is 22.2. The fraction of sp³-hybridized carbons (Fsp3) is 0.179. The zero-order valence-electron chi connectivity index (χ0n) is 66.6. The highest BCUT2D eigenvalue weighted by Gasteiger charge is 2.43. The Morgan fingerprint density at radius 1 is 0.290 bits per heavy atom. The molecule has 0 radical (unpaired) electrons. The van der Waals surface area contributed by atoms with Gasteiger partial charge in [-0.15, -0.1) is 0 Å². The maximum absolute atomic E-state index is 9.55. The molecule has 1 unspecified atom stereocenters. The lowest BCUT2D eigenvalue weighted by molar-refractivity contribution is 0.589. The van der Waals surface area contributed by atoms with Gasteiger partial charge >= 0.3 is 0 Å². The highest BCUT2D eigenvalue weighted by Crippen LogP contribution is 2.63. The Morgan fingerprint density at radius 2 is 0.770 bits per heavy atom. The lowest BCUT2D eigenvalue weighted by Crippen LogP contribution is -2.30. The molecule has 0 saturated heterocycles. The molecule has 3 aromatic heterocycles. The second-order valence-electron chi connectivity index (χ2n) is 31.6. The molecular weight excluding hydrogens is 1210 g/mol. The third kappa shape index (κ3) is 9.71. The summed E-state index contributed by atoms with van der Waals surface area (Å²) >= 11 is 0. The zero-order valence-corrected chi connectivity index (χ0v) is 58.6. The molecule has 0 fully saturated rings. The molecule has 5 nitrogen and oxygen atoms in total. The maximum Gasteiger partial charge on any atom is 0.159 e. The summed E-state index contributed by atoms with van der Waals surface area (Å²) in [5, 5.41) is 3.89. The van der Waals surface area contributed by atoms with Crippen molar-refractivity contribution in [3.8, 4) is 44.8 Å². The first-order valence-corrected chi connectivity index (χ1v) is 34.9. The quantitative estimate of drug-likeness (QED) is 0.159. The molecular formula is C95H82N4O. The SMILES string of the molecule is [2H]c1c([2H])c([2H])c2c(c1[2H])c1c([2H])c([2H])c([2H])c([2H])c1n2-c1cccc2c1oc1c(N3c4cc(-c5cccc(C(C)(C)C)c5)ccc4C4c5ccc(-n6c7ccc(C(C)(C)C)cc7c7cc(C(C)(C)C)ccc76)cc5N(c5cc(-c6ccccc6)cc(-c6ccccc6)c5)c5cc(C(C)(C)C)cc3c54)cccc12. The van der Waals surface area contributed by atoms with Crippen LogP contribution in [0.25, 0.3) is 110 Å². The van der Waals surface area contributed by atoms with Crippen molar-refractivity contribution in [2.75, 3.05) is 9.80 Å². The van der Waals surface area contributed by atoms with Crippen molar-refractivity contribution in [1.29, 1.82) is 0 Å². The monoisotopic (exact) mass is 1300 g/mol. The first-order valence-electron chi connectivity index (χ1n) is 38.9. The summed E-state index contributed by atoms with van der Waals surface area (Å²) in [6, 6.07) is 78.8. The number of benzene rings is 13. The van der Waals surface area contributed by atoms with Gasteiger partial charge in [-0.25, -0.2) is 0 Å². The summed E-state index contributed by atoms with van der Waals surface area (Å²) in [6.07, 6.45) is 0. The van der Waals surface area contributed by atoms with Crippen LogP contribution >= 0.6 is 0 Å². The van der Waals surface area contributed by atoms with Crippen LogP contribution in [-0.2, 0) is 21.7 Å². The van der Waals surface area contributed by atoms with Gasteiger partial charge in [0.05, 0.1) is 67.2 Å². The molecule has 2 aliphatic heterocycles. The van der Waals surface area contributed by atoms with Gasteiger partial charge in [0.25, 0.3) is 0 Å². The van der Waals surface area contributed by atoms with Crippen LogP contribution < -0.4 is 9.80 Å². The molecule has 488 valence electrons. The molecule has 1 atom stereocenters. The highest BCUT2D eigenvalue weighted by molar-refractivity contribution is 6.16. The Morgan fingerprint density at radius 3 is 1.34 bits per heavy atom. The van der Waals surface area contributed by atoms with Crippen molar-refractivity contribution >= 4 is 99.7 Å². The van der Waals surface area contributed by atoms with E-state index in [4.69, 9.17) is 9.90 Å². The molecule has 0 bridgehead atoms. The van der Waals surface area contributed by atoms with Gasteiger partial charge in [-0.05, 0) is 185 Å². The van der Waals surface area contributed by atoms with Gasteiger partial charge in [-0.1, -0.05) is 259 Å². The topological polar surface area (TPSA) is 29.5 Å². The van der Waals surface area contributed by atoms with E-state index in [1.54, 1.807) is 10.6 Å². The molecule has 0 saturated carbocycles. The van der Waals surface area contributed by atoms with E-state index in [1.165, 1.54) is 27.5 Å². The van der Waals surface area contributed by atoms with Crippen LogP contribution in [0, 0.1) is 0 Å². The molecule has 0 aliphatic carbocycles. The lowest BCUT2D eigenvalue weighted by Gasteiger charge is -2.46. The van der Waals surface area contributed by atoms with E-state index < -0.39 is 41.7 Å². The van der Waals surface area contributed by atoms with Crippen molar-refractivity contribution < 1.29 is 15.4 Å². The van der Waals surface area contributed by atoms with Gasteiger partial charge < -0.3 is 23.4 Å². The van der Waals surface area contributed by atoms with Crippen molar-refractivity contribution in [3.05, 3.63) is 312 Å². The van der Waals surface area contributed by atoms with E-state index in [0.29, 0.717) is 22.2 Å². The largest absolute Gasteiger partial charge is 0.452 e. The predicted molar refractivity (Wildman–Crippen MR) is 424 cm³/mol. The Bertz CT molecular complexity index is 6330. The second-order valence-corrected chi connectivity index (χ2v) is 31.6. The predicted octanol–water partition coefficient (Wildman–Crippen LogP) is 26.7. The minimum atomic E-state index is -0.504. The van der Waals surface area contributed by atoms with E-state index in [1.807, 2.05) is 18.2 Å². The lowest BCUT2D eigenvalue weighted by atomic mass is 9.73. The van der Waals surface area contributed by atoms with Gasteiger partial charge in [0.1, 0.15) is 0 Å². The molecule has 16 aromatic rings. The number of anilines is 6. The molecule has 13 aromatic carbocycles. The van der Waals surface area contributed by atoms with Crippen LogP contribution in [0.5, 0.6) is 0 Å². The molecule has 0 spiro atoms. The van der Waals surface area contributed by atoms with E-state index in [9.17, 15) is 5.48 Å². The number of rotatable bonds is 7. The zero-order chi connectivity index (χ0) is 75.4. The first kappa shape index (κ1) is 52.9. The number of para-hydroxylation sites is 4.